The molecule has 6 nitrogen and oxygen atoms in total. The number of rotatable bonds is 5. The van der Waals surface area contributed by atoms with E-state index in [0.29, 0.717) is 20.5 Å². The first kappa shape index (κ1) is 18.1. The second kappa shape index (κ2) is 7.27. The van der Waals surface area contributed by atoms with E-state index in [4.69, 9.17) is 22.1 Å². The Kier molecular flexibility index (Phi) is 5.06. The van der Waals surface area contributed by atoms with E-state index in [1.54, 1.807) is 12.1 Å². The molecule has 0 bridgehead atoms. The summed E-state index contributed by atoms with van der Waals surface area (Å²) in [5.74, 6) is -1.35. The summed E-state index contributed by atoms with van der Waals surface area (Å²) in [6.07, 6.45) is 1.28. The Bertz CT molecular complexity index is 1020. The smallest absolute Gasteiger partial charge is 0.348 e. The zero-order valence-corrected chi connectivity index (χ0v) is 15.1. The van der Waals surface area contributed by atoms with E-state index in [1.807, 2.05) is 0 Å². The molecule has 0 spiro atoms. The summed E-state index contributed by atoms with van der Waals surface area (Å²) >= 11 is 7.24. The summed E-state index contributed by atoms with van der Waals surface area (Å²) in [5.41, 5.74) is 5.80. The van der Waals surface area contributed by atoms with Crippen LogP contribution >= 0.6 is 22.9 Å². The molecule has 0 aliphatic carbocycles. The predicted octanol–water partition coefficient (Wildman–Crippen LogP) is 3.59. The third kappa shape index (κ3) is 3.33. The minimum atomic E-state index is -0.648. The van der Waals surface area contributed by atoms with Crippen LogP contribution in [-0.2, 0) is 11.3 Å². The van der Waals surface area contributed by atoms with Gasteiger partial charge in [0.1, 0.15) is 16.5 Å². The molecule has 2 heterocycles. The van der Waals surface area contributed by atoms with Gasteiger partial charge in [0.2, 0.25) is 5.91 Å². The van der Waals surface area contributed by atoms with Crippen LogP contribution < -0.4 is 11.1 Å². The maximum absolute atomic E-state index is 14.3. The number of ether oxygens (including phenoxy) is 1. The van der Waals surface area contributed by atoms with Gasteiger partial charge in [0.05, 0.1) is 17.7 Å². The molecule has 3 rings (SSSR count). The summed E-state index contributed by atoms with van der Waals surface area (Å²) in [7, 11) is 1.27. The van der Waals surface area contributed by atoms with Crippen LogP contribution in [0.15, 0.2) is 30.5 Å². The molecule has 134 valence electrons. The Morgan fingerprint density at radius 3 is 2.85 bits per heavy atom. The fourth-order valence-corrected chi connectivity index (χ4v) is 3.85. The number of hydrogen-bond acceptors (Lipinski definition) is 6. The van der Waals surface area contributed by atoms with Gasteiger partial charge in [0.25, 0.3) is 0 Å². The predicted molar refractivity (Wildman–Crippen MR) is 98.2 cm³/mol. The summed E-state index contributed by atoms with van der Waals surface area (Å²) in [6, 6.07) is 6.01. The van der Waals surface area contributed by atoms with Crippen LogP contribution in [0.1, 0.15) is 25.6 Å². The number of nitrogens with one attached hydrogen (secondary N) is 1. The number of anilines is 1. The number of nitrogens with zero attached hydrogens (tertiary/aromatic N) is 1. The summed E-state index contributed by atoms with van der Waals surface area (Å²) in [5, 5.41) is 3.48. The van der Waals surface area contributed by atoms with Crippen molar-refractivity contribution in [2.75, 3.05) is 12.4 Å². The number of fused-ring (bicyclic) bond motifs is 1. The monoisotopic (exact) mass is 393 g/mol. The SMILES string of the molecule is COC(=O)c1sc2cccc(F)c2c1CNc1ncc(C(N)=O)cc1Cl. The highest BCUT2D eigenvalue weighted by molar-refractivity contribution is 7.21. The molecular formula is C17H13ClFN3O3S. The van der Waals surface area contributed by atoms with E-state index in [2.05, 4.69) is 10.3 Å². The van der Waals surface area contributed by atoms with Crippen molar-refractivity contribution in [3.8, 4) is 0 Å². The number of carbonyl (C=O) groups is 2. The first-order chi connectivity index (χ1) is 12.4. The number of pyridine rings is 1. The normalized spacial score (nSPS) is 10.7. The number of esters is 1. The number of hydrogen-bond donors (Lipinski definition) is 2. The number of methoxy groups -OCH3 is 1. The molecule has 0 saturated carbocycles. The number of primary amides is 1. The van der Waals surface area contributed by atoms with Gasteiger partial charge >= 0.3 is 5.97 Å². The average Bonchev–Trinajstić information content (AvgIpc) is 2.99. The van der Waals surface area contributed by atoms with Gasteiger partial charge in [0.15, 0.2) is 0 Å². The van der Waals surface area contributed by atoms with Gasteiger partial charge in [-0.05, 0) is 18.2 Å². The third-order valence-electron chi connectivity index (χ3n) is 3.69. The molecule has 0 radical (unpaired) electrons. The Balaban J connectivity index is 1.98. The van der Waals surface area contributed by atoms with Crippen LogP contribution in [0.3, 0.4) is 0 Å². The molecule has 1 amide bonds. The molecule has 3 aromatic rings. The Hall–Kier alpha value is -2.71. The molecule has 0 unspecified atom stereocenters. The lowest BCUT2D eigenvalue weighted by Crippen LogP contribution is -2.12. The van der Waals surface area contributed by atoms with Crippen molar-refractivity contribution in [3.05, 3.63) is 57.3 Å². The number of carbonyl (C=O) groups excluding carboxylic acids is 2. The van der Waals surface area contributed by atoms with Crippen LogP contribution in [0.2, 0.25) is 5.02 Å². The van der Waals surface area contributed by atoms with Gasteiger partial charge in [-0.1, -0.05) is 17.7 Å². The third-order valence-corrected chi connectivity index (χ3v) is 5.16. The number of nitrogens with two attached hydrogens (primary N) is 1. The number of halogens is 2. The molecular weight excluding hydrogens is 381 g/mol. The molecule has 0 aliphatic heterocycles. The fourth-order valence-electron chi connectivity index (χ4n) is 2.47. The second-order valence-corrected chi connectivity index (χ2v) is 6.75. The number of amides is 1. The van der Waals surface area contributed by atoms with Gasteiger partial charge in [-0.3, -0.25) is 4.79 Å². The highest BCUT2D eigenvalue weighted by Crippen LogP contribution is 2.34. The van der Waals surface area contributed by atoms with Crippen molar-refractivity contribution in [3.63, 3.8) is 0 Å². The van der Waals surface area contributed by atoms with Gasteiger partial charge in [0, 0.05) is 28.4 Å². The van der Waals surface area contributed by atoms with Crippen LogP contribution in [0.5, 0.6) is 0 Å². The van der Waals surface area contributed by atoms with Crippen LogP contribution in [0.25, 0.3) is 10.1 Å². The minimum Gasteiger partial charge on any atom is -0.465 e. The standard InChI is InChI=1S/C17H13ClFN3O3S/c1-25-17(24)14-9(13-11(19)3-2-4-12(13)26-14)7-22-16-10(18)5-8(6-21-16)15(20)23/h2-6H,7H2,1H3,(H2,20,23)(H,21,22). The minimum absolute atomic E-state index is 0.0913. The van der Waals surface area contributed by atoms with E-state index in [0.717, 1.165) is 11.3 Å². The van der Waals surface area contributed by atoms with Crippen LogP contribution in [0.4, 0.5) is 10.2 Å². The van der Waals surface area contributed by atoms with Gasteiger partial charge in [-0.2, -0.15) is 0 Å². The van der Waals surface area contributed by atoms with E-state index < -0.39 is 17.7 Å². The van der Waals surface area contributed by atoms with Crippen molar-refractivity contribution < 1.29 is 18.7 Å². The van der Waals surface area contributed by atoms with E-state index in [-0.39, 0.29) is 22.9 Å². The molecule has 0 atom stereocenters. The Morgan fingerprint density at radius 1 is 1.42 bits per heavy atom. The first-order valence-electron chi connectivity index (χ1n) is 7.39. The Morgan fingerprint density at radius 2 is 2.19 bits per heavy atom. The van der Waals surface area contributed by atoms with Crippen molar-refractivity contribution in [2.45, 2.75) is 6.54 Å². The lowest BCUT2D eigenvalue weighted by molar-refractivity contribution is 0.0605. The molecule has 0 fully saturated rings. The molecule has 26 heavy (non-hydrogen) atoms. The van der Waals surface area contributed by atoms with E-state index in [9.17, 15) is 14.0 Å². The highest BCUT2D eigenvalue weighted by Gasteiger charge is 2.21. The maximum atomic E-state index is 14.3. The summed E-state index contributed by atoms with van der Waals surface area (Å²) in [4.78, 5) is 27.6. The lowest BCUT2D eigenvalue weighted by Gasteiger charge is -2.09. The topological polar surface area (TPSA) is 94.3 Å². The lowest BCUT2D eigenvalue weighted by atomic mass is 10.1. The van der Waals surface area contributed by atoms with Crippen LogP contribution in [-0.4, -0.2) is 24.0 Å². The molecule has 3 N–H and O–H groups in total. The number of aromatic nitrogens is 1. The van der Waals surface area contributed by atoms with Crippen molar-refractivity contribution in [1.82, 2.24) is 4.98 Å². The maximum Gasteiger partial charge on any atom is 0.348 e. The highest BCUT2D eigenvalue weighted by atomic mass is 35.5. The van der Waals surface area contributed by atoms with Gasteiger partial charge in [-0.25, -0.2) is 14.2 Å². The van der Waals surface area contributed by atoms with Crippen molar-refractivity contribution in [1.29, 1.82) is 0 Å². The fraction of sp³-hybridized carbons (Fsp3) is 0.118. The Labute approximate surface area is 156 Å². The molecule has 2 aromatic heterocycles. The number of thiophene rings is 1. The summed E-state index contributed by atoms with van der Waals surface area (Å²) in [6.45, 7) is 0.0913. The quantitative estimate of drug-likeness (QED) is 0.646. The second-order valence-electron chi connectivity index (χ2n) is 5.29. The van der Waals surface area contributed by atoms with Gasteiger partial charge in [-0.15, -0.1) is 11.3 Å². The van der Waals surface area contributed by atoms with Crippen LogP contribution in [0, 0.1) is 5.82 Å². The van der Waals surface area contributed by atoms with E-state index in [1.165, 1.54) is 25.4 Å². The summed E-state index contributed by atoms with van der Waals surface area (Å²) < 4.78 is 19.7. The first-order valence-corrected chi connectivity index (χ1v) is 8.59. The molecule has 9 heteroatoms. The average molecular weight is 394 g/mol. The number of benzene rings is 1. The molecule has 0 aliphatic rings. The molecule has 1 aromatic carbocycles. The van der Waals surface area contributed by atoms with Crippen molar-refractivity contribution in [2.24, 2.45) is 5.73 Å². The zero-order chi connectivity index (χ0) is 18.8. The van der Waals surface area contributed by atoms with Crippen molar-refractivity contribution >= 4 is 50.7 Å². The molecule has 0 saturated heterocycles. The zero-order valence-electron chi connectivity index (χ0n) is 13.5. The largest absolute Gasteiger partial charge is 0.465 e. The van der Waals surface area contributed by atoms with Gasteiger partial charge < -0.3 is 15.8 Å². The van der Waals surface area contributed by atoms with E-state index >= 15 is 0 Å².